The molecular weight excluding hydrogens is 416 g/mol. The highest BCUT2D eigenvalue weighted by Gasteiger charge is 2.14. The number of nitrogens with zero attached hydrogens (tertiary/aromatic N) is 1. The van der Waals surface area contributed by atoms with Gasteiger partial charge in [0.2, 0.25) is 0 Å². The van der Waals surface area contributed by atoms with E-state index in [4.69, 9.17) is 0 Å². The highest BCUT2D eigenvalue weighted by molar-refractivity contribution is 9.10. The summed E-state index contributed by atoms with van der Waals surface area (Å²) in [5.74, 6) is -0.323. The molecule has 1 N–H and O–H groups in total. The van der Waals surface area contributed by atoms with Crippen LogP contribution in [0.1, 0.15) is 34.8 Å². The summed E-state index contributed by atoms with van der Waals surface area (Å²) in [5.41, 5.74) is 2.14. The van der Waals surface area contributed by atoms with Gasteiger partial charge in [-0.15, -0.1) is 0 Å². The largest absolute Gasteiger partial charge is 0.349 e. The van der Waals surface area contributed by atoms with Gasteiger partial charge < -0.3 is 9.88 Å². The molecule has 5 heteroatoms. The van der Waals surface area contributed by atoms with E-state index in [2.05, 4.69) is 33.4 Å². The van der Waals surface area contributed by atoms with Crippen molar-refractivity contribution in [1.29, 1.82) is 0 Å². The average Bonchev–Trinajstić information content (AvgIpc) is 2.70. The number of benzene rings is 2. The molecule has 1 unspecified atom stereocenters. The Hall–Kier alpha value is -2.66. The van der Waals surface area contributed by atoms with Crippen LogP contribution in [0.15, 0.2) is 82.2 Å². The van der Waals surface area contributed by atoms with E-state index in [9.17, 15) is 9.59 Å². The molecule has 0 aliphatic heterocycles. The number of hydrogen-bond donors (Lipinski definition) is 1. The summed E-state index contributed by atoms with van der Waals surface area (Å²) in [4.78, 5) is 25.3. The molecule has 0 radical (unpaired) electrons. The van der Waals surface area contributed by atoms with Crippen molar-refractivity contribution >= 4 is 21.8 Å². The van der Waals surface area contributed by atoms with Crippen molar-refractivity contribution in [3.63, 3.8) is 0 Å². The number of hydrogen-bond acceptors (Lipinski definition) is 2. The lowest BCUT2D eigenvalue weighted by atomic mass is 10.1. The fourth-order valence-corrected chi connectivity index (χ4v) is 3.29. The van der Waals surface area contributed by atoms with E-state index >= 15 is 0 Å². The van der Waals surface area contributed by atoms with Crippen LogP contribution < -0.4 is 10.9 Å². The maximum absolute atomic E-state index is 12.7. The summed E-state index contributed by atoms with van der Waals surface area (Å²) in [6.45, 7) is 2.40. The van der Waals surface area contributed by atoms with Crippen LogP contribution in [-0.4, -0.2) is 16.5 Å². The van der Waals surface area contributed by atoms with Gasteiger partial charge in [-0.25, -0.2) is 0 Å². The molecule has 1 aromatic heterocycles. The zero-order valence-corrected chi connectivity index (χ0v) is 17.4. The predicted octanol–water partition coefficient (Wildman–Crippen LogP) is 4.41. The minimum atomic E-state index is -0.323. The van der Waals surface area contributed by atoms with Gasteiger partial charge in [0.05, 0.1) is 6.54 Å². The molecule has 1 heterocycles. The zero-order valence-electron chi connectivity index (χ0n) is 15.8. The normalized spacial score (nSPS) is 11.8. The Kier molecular flexibility index (Phi) is 6.82. The van der Waals surface area contributed by atoms with Gasteiger partial charge in [0.1, 0.15) is 5.56 Å². The van der Waals surface area contributed by atoms with E-state index in [0.29, 0.717) is 6.54 Å². The first kappa shape index (κ1) is 20.1. The highest BCUT2D eigenvalue weighted by Crippen LogP contribution is 2.12. The molecule has 1 amide bonds. The Morgan fingerprint density at radius 1 is 1.00 bits per heavy atom. The summed E-state index contributed by atoms with van der Waals surface area (Å²) < 4.78 is 2.62. The second-order valence-corrected chi connectivity index (χ2v) is 7.80. The molecule has 2 aromatic carbocycles. The van der Waals surface area contributed by atoms with Gasteiger partial charge in [0, 0.05) is 16.7 Å². The summed E-state index contributed by atoms with van der Waals surface area (Å²) >= 11 is 3.43. The molecule has 0 saturated heterocycles. The fourth-order valence-electron chi connectivity index (χ4n) is 3.02. The second-order valence-electron chi connectivity index (χ2n) is 6.88. The van der Waals surface area contributed by atoms with Crippen LogP contribution in [0.4, 0.5) is 0 Å². The molecule has 3 aromatic rings. The predicted molar refractivity (Wildman–Crippen MR) is 116 cm³/mol. The lowest BCUT2D eigenvalue weighted by molar-refractivity contribution is 0.0936. The molecule has 0 spiro atoms. The molecule has 0 aliphatic carbocycles. The van der Waals surface area contributed by atoms with Crippen molar-refractivity contribution in [2.24, 2.45) is 0 Å². The van der Waals surface area contributed by atoms with Crippen molar-refractivity contribution in [3.8, 4) is 0 Å². The van der Waals surface area contributed by atoms with Gasteiger partial charge in [-0.3, -0.25) is 9.59 Å². The van der Waals surface area contributed by atoms with Crippen molar-refractivity contribution < 1.29 is 4.79 Å². The first-order chi connectivity index (χ1) is 13.5. The Balaban J connectivity index is 1.62. The van der Waals surface area contributed by atoms with Gasteiger partial charge in [-0.05, 0) is 55.2 Å². The van der Waals surface area contributed by atoms with Gasteiger partial charge in [0.15, 0.2) is 0 Å². The second kappa shape index (κ2) is 9.51. The minimum Gasteiger partial charge on any atom is -0.349 e. The van der Waals surface area contributed by atoms with E-state index in [1.807, 2.05) is 49.4 Å². The number of aryl methyl sites for hydroxylation is 1. The summed E-state index contributed by atoms with van der Waals surface area (Å²) in [7, 11) is 0. The van der Waals surface area contributed by atoms with Crippen molar-refractivity contribution in [2.45, 2.75) is 32.4 Å². The maximum atomic E-state index is 12.7. The van der Waals surface area contributed by atoms with E-state index in [0.717, 1.165) is 22.9 Å². The highest BCUT2D eigenvalue weighted by atomic mass is 79.9. The molecule has 28 heavy (non-hydrogen) atoms. The topological polar surface area (TPSA) is 51.1 Å². The zero-order chi connectivity index (χ0) is 19.9. The van der Waals surface area contributed by atoms with Crippen molar-refractivity contribution in [1.82, 2.24) is 9.88 Å². The molecule has 0 saturated carbocycles. The minimum absolute atomic E-state index is 0.0293. The Labute approximate surface area is 173 Å². The number of carbonyl (C=O) groups excluding carboxylic acids is 1. The molecule has 1 atom stereocenters. The molecule has 0 aliphatic rings. The van der Waals surface area contributed by atoms with E-state index in [-0.39, 0.29) is 23.1 Å². The molecule has 0 fully saturated rings. The van der Waals surface area contributed by atoms with Crippen LogP contribution in [0.25, 0.3) is 0 Å². The molecule has 3 rings (SSSR count). The van der Waals surface area contributed by atoms with Crippen LogP contribution in [0.5, 0.6) is 0 Å². The smallest absolute Gasteiger partial charge is 0.263 e. The van der Waals surface area contributed by atoms with E-state index in [1.54, 1.807) is 22.9 Å². The van der Waals surface area contributed by atoms with Gasteiger partial charge in [0.25, 0.3) is 11.5 Å². The average molecular weight is 439 g/mol. The van der Waals surface area contributed by atoms with Gasteiger partial charge in [-0.2, -0.15) is 0 Å². The number of nitrogens with one attached hydrogen (secondary N) is 1. The number of aromatic nitrogens is 1. The summed E-state index contributed by atoms with van der Waals surface area (Å²) in [6, 6.07) is 21.2. The quantitative estimate of drug-likeness (QED) is 0.593. The van der Waals surface area contributed by atoms with Gasteiger partial charge >= 0.3 is 0 Å². The van der Waals surface area contributed by atoms with Crippen LogP contribution >= 0.6 is 15.9 Å². The number of amides is 1. The van der Waals surface area contributed by atoms with E-state index < -0.39 is 0 Å². The third-order valence-corrected chi connectivity index (χ3v) is 5.15. The standard InChI is InChI=1S/C23H23BrN2O2/c1-17(9-10-18-11-13-20(24)14-12-18)25-22(27)21-8-5-15-26(23(21)28)16-19-6-3-2-4-7-19/h2-8,11-15,17H,9-10,16H2,1H3,(H,25,27). The Morgan fingerprint density at radius 2 is 1.71 bits per heavy atom. The van der Waals surface area contributed by atoms with Gasteiger partial charge in [-0.1, -0.05) is 58.4 Å². The molecular formula is C23H23BrN2O2. The third-order valence-electron chi connectivity index (χ3n) is 4.62. The number of pyridine rings is 1. The number of halogens is 1. The van der Waals surface area contributed by atoms with Crippen LogP contribution in [0.3, 0.4) is 0 Å². The number of rotatable bonds is 7. The van der Waals surface area contributed by atoms with Crippen LogP contribution in [0, 0.1) is 0 Å². The SMILES string of the molecule is CC(CCc1ccc(Br)cc1)NC(=O)c1cccn(Cc2ccccc2)c1=O. The first-order valence-corrected chi connectivity index (χ1v) is 10.1. The van der Waals surface area contributed by atoms with E-state index in [1.165, 1.54) is 5.56 Å². The number of carbonyl (C=O) groups is 1. The monoisotopic (exact) mass is 438 g/mol. The molecule has 144 valence electrons. The third kappa shape index (κ3) is 5.42. The van der Waals surface area contributed by atoms with Crippen LogP contribution in [-0.2, 0) is 13.0 Å². The Bertz CT molecular complexity index is 981. The van der Waals surface area contributed by atoms with Crippen molar-refractivity contribution in [2.75, 3.05) is 0 Å². The Morgan fingerprint density at radius 3 is 2.43 bits per heavy atom. The van der Waals surface area contributed by atoms with Crippen LogP contribution in [0.2, 0.25) is 0 Å². The molecule has 0 bridgehead atoms. The lowest BCUT2D eigenvalue weighted by Gasteiger charge is -2.14. The lowest BCUT2D eigenvalue weighted by Crippen LogP contribution is -2.37. The maximum Gasteiger partial charge on any atom is 0.263 e. The molecule has 4 nitrogen and oxygen atoms in total. The summed E-state index contributed by atoms with van der Waals surface area (Å²) in [6.07, 6.45) is 3.38. The summed E-state index contributed by atoms with van der Waals surface area (Å²) in [5, 5.41) is 2.95. The fraction of sp³-hybridized carbons (Fsp3) is 0.217. The van der Waals surface area contributed by atoms with Crippen molar-refractivity contribution in [3.05, 3.63) is 104 Å². The first-order valence-electron chi connectivity index (χ1n) is 9.31.